The second-order valence-corrected chi connectivity index (χ2v) is 5.40. The third-order valence-corrected chi connectivity index (χ3v) is 4.47. The summed E-state index contributed by atoms with van der Waals surface area (Å²) < 4.78 is 11.4. The zero-order chi connectivity index (χ0) is 15.6. The van der Waals surface area contributed by atoms with Crippen LogP contribution in [0.15, 0.2) is 23.0 Å². The van der Waals surface area contributed by atoms with Crippen LogP contribution in [0, 0.1) is 21.8 Å². The number of halogens is 1. The largest absolute Gasteiger partial charge is 0.497 e. The minimum Gasteiger partial charge on any atom is -0.497 e. The maximum atomic E-state index is 12.0. The van der Waals surface area contributed by atoms with Crippen molar-refractivity contribution in [3.63, 3.8) is 0 Å². The molecule has 0 amide bonds. The molecule has 0 spiro atoms. The first-order valence-corrected chi connectivity index (χ1v) is 7.16. The lowest BCUT2D eigenvalue weighted by Crippen LogP contribution is -2.15. The molecule has 2 aromatic rings. The molecular weight excluding hydrogens is 383 g/mol. The zero-order valence-corrected chi connectivity index (χ0v) is 13.9. The SMILES string of the molecule is COc1ccc(-c2c(I)c(C)[nH]c(=O)c2C#N)c(OC)c1. The highest BCUT2D eigenvalue weighted by atomic mass is 127. The van der Waals surface area contributed by atoms with Crippen LogP contribution in [0.2, 0.25) is 0 Å². The van der Waals surface area contributed by atoms with Gasteiger partial charge in [0.2, 0.25) is 0 Å². The molecule has 0 fully saturated rings. The smallest absolute Gasteiger partial charge is 0.266 e. The summed E-state index contributed by atoms with van der Waals surface area (Å²) >= 11 is 2.12. The highest BCUT2D eigenvalue weighted by Gasteiger charge is 2.19. The molecule has 2 rings (SSSR count). The van der Waals surface area contributed by atoms with Gasteiger partial charge in [0.1, 0.15) is 23.1 Å². The van der Waals surface area contributed by atoms with Crippen LogP contribution in [0.3, 0.4) is 0 Å². The highest BCUT2D eigenvalue weighted by molar-refractivity contribution is 14.1. The molecule has 0 aliphatic rings. The number of benzene rings is 1. The fourth-order valence-corrected chi connectivity index (χ4v) is 2.76. The van der Waals surface area contributed by atoms with E-state index in [9.17, 15) is 10.1 Å². The van der Waals surface area contributed by atoms with Crippen molar-refractivity contribution in [3.05, 3.63) is 43.4 Å². The Kier molecular flexibility index (Phi) is 4.53. The first-order valence-electron chi connectivity index (χ1n) is 6.08. The summed E-state index contributed by atoms with van der Waals surface area (Å²) in [5.74, 6) is 1.19. The van der Waals surface area contributed by atoms with Gasteiger partial charge in [-0.1, -0.05) is 0 Å². The lowest BCUT2D eigenvalue weighted by atomic mass is 10.00. The Labute approximate surface area is 135 Å². The number of nitrogens with one attached hydrogen (secondary N) is 1. The van der Waals surface area contributed by atoms with E-state index in [0.717, 1.165) is 3.57 Å². The number of aryl methyl sites for hydroxylation is 1. The van der Waals surface area contributed by atoms with Crippen molar-refractivity contribution in [1.82, 2.24) is 4.98 Å². The first-order chi connectivity index (χ1) is 10.0. The van der Waals surface area contributed by atoms with E-state index in [1.54, 1.807) is 32.2 Å². The normalized spacial score (nSPS) is 10.0. The molecule has 0 unspecified atom stereocenters. The third kappa shape index (κ3) is 2.74. The van der Waals surface area contributed by atoms with Gasteiger partial charge in [-0.15, -0.1) is 0 Å². The zero-order valence-electron chi connectivity index (χ0n) is 11.8. The van der Waals surface area contributed by atoms with Crippen LogP contribution in [0.25, 0.3) is 11.1 Å². The topological polar surface area (TPSA) is 75.1 Å². The maximum absolute atomic E-state index is 12.0. The summed E-state index contributed by atoms with van der Waals surface area (Å²) in [5, 5.41) is 9.30. The number of hydrogen-bond donors (Lipinski definition) is 1. The van der Waals surface area contributed by atoms with Crippen molar-refractivity contribution in [3.8, 4) is 28.7 Å². The number of aromatic nitrogens is 1. The number of nitriles is 1. The van der Waals surface area contributed by atoms with Crippen molar-refractivity contribution in [1.29, 1.82) is 5.26 Å². The molecule has 0 saturated carbocycles. The average molecular weight is 396 g/mol. The molecule has 1 N–H and O–H groups in total. The minimum absolute atomic E-state index is 0.0773. The number of hydrogen-bond acceptors (Lipinski definition) is 4. The van der Waals surface area contributed by atoms with E-state index < -0.39 is 5.56 Å². The van der Waals surface area contributed by atoms with E-state index in [1.165, 1.54) is 7.11 Å². The average Bonchev–Trinajstić information content (AvgIpc) is 2.50. The van der Waals surface area contributed by atoms with Gasteiger partial charge in [0.15, 0.2) is 0 Å². The van der Waals surface area contributed by atoms with Crippen LogP contribution in [-0.4, -0.2) is 19.2 Å². The predicted octanol–water partition coefficient (Wildman–Crippen LogP) is 2.84. The van der Waals surface area contributed by atoms with Crippen LogP contribution in [0.5, 0.6) is 11.5 Å². The number of pyridine rings is 1. The summed E-state index contributed by atoms with van der Waals surface area (Å²) in [7, 11) is 3.10. The number of methoxy groups -OCH3 is 2. The number of nitrogens with zero attached hydrogens (tertiary/aromatic N) is 1. The molecule has 0 bridgehead atoms. The standard InChI is InChI=1S/C15H13IN2O3/c1-8-14(16)13(11(7-17)15(19)18-8)10-5-4-9(20-2)6-12(10)21-3/h4-6H,1-3H3,(H,18,19). The number of aromatic amines is 1. The fourth-order valence-electron chi connectivity index (χ4n) is 2.06. The van der Waals surface area contributed by atoms with E-state index in [2.05, 4.69) is 27.6 Å². The molecule has 108 valence electrons. The van der Waals surface area contributed by atoms with Gasteiger partial charge in [-0.25, -0.2) is 0 Å². The van der Waals surface area contributed by atoms with Gasteiger partial charge in [-0.2, -0.15) is 5.26 Å². The van der Waals surface area contributed by atoms with Crippen molar-refractivity contribution in [2.24, 2.45) is 0 Å². The van der Waals surface area contributed by atoms with Crippen molar-refractivity contribution < 1.29 is 9.47 Å². The molecule has 0 radical (unpaired) electrons. The quantitative estimate of drug-likeness (QED) is 0.810. The molecule has 5 nitrogen and oxygen atoms in total. The van der Waals surface area contributed by atoms with Crippen LogP contribution in [0.1, 0.15) is 11.3 Å². The Morgan fingerprint density at radius 1 is 1.29 bits per heavy atom. The van der Waals surface area contributed by atoms with Gasteiger partial charge in [-0.05, 0) is 41.6 Å². The Bertz CT molecular complexity index is 791. The Hall–Kier alpha value is -2.01. The Morgan fingerprint density at radius 3 is 2.57 bits per heavy atom. The molecule has 1 aromatic heterocycles. The van der Waals surface area contributed by atoms with E-state index in [-0.39, 0.29) is 5.56 Å². The van der Waals surface area contributed by atoms with Crippen molar-refractivity contribution >= 4 is 22.6 Å². The van der Waals surface area contributed by atoms with Gasteiger partial charge in [0.05, 0.1) is 14.2 Å². The van der Waals surface area contributed by atoms with Crippen LogP contribution in [0.4, 0.5) is 0 Å². The number of H-pyrrole nitrogens is 1. The highest BCUT2D eigenvalue weighted by Crippen LogP contribution is 2.37. The minimum atomic E-state index is -0.400. The summed E-state index contributed by atoms with van der Waals surface area (Å²) in [4.78, 5) is 14.7. The Balaban J connectivity index is 2.85. The first kappa shape index (κ1) is 15.4. The van der Waals surface area contributed by atoms with Crippen molar-refractivity contribution in [2.45, 2.75) is 6.92 Å². The van der Waals surface area contributed by atoms with Gasteiger partial charge in [0.25, 0.3) is 5.56 Å². The third-order valence-electron chi connectivity index (χ3n) is 3.12. The number of rotatable bonds is 3. The molecule has 0 atom stereocenters. The van der Waals surface area contributed by atoms with E-state index >= 15 is 0 Å². The summed E-state index contributed by atoms with van der Waals surface area (Å²) in [5.41, 5.74) is 1.66. The lowest BCUT2D eigenvalue weighted by Gasteiger charge is -2.14. The fraction of sp³-hybridized carbons (Fsp3) is 0.200. The Morgan fingerprint density at radius 2 is 2.00 bits per heavy atom. The van der Waals surface area contributed by atoms with Crippen LogP contribution >= 0.6 is 22.6 Å². The van der Waals surface area contributed by atoms with Gasteiger partial charge in [-0.3, -0.25) is 4.79 Å². The van der Waals surface area contributed by atoms with Gasteiger partial charge in [0, 0.05) is 26.5 Å². The van der Waals surface area contributed by atoms with Crippen LogP contribution in [-0.2, 0) is 0 Å². The number of ether oxygens (including phenoxy) is 2. The molecule has 0 saturated heterocycles. The van der Waals surface area contributed by atoms with Crippen molar-refractivity contribution in [2.75, 3.05) is 14.2 Å². The maximum Gasteiger partial charge on any atom is 0.266 e. The molecule has 0 aliphatic carbocycles. The van der Waals surface area contributed by atoms with Gasteiger partial charge >= 0.3 is 0 Å². The van der Waals surface area contributed by atoms with E-state index in [0.29, 0.717) is 28.3 Å². The summed E-state index contributed by atoms with van der Waals surface area (Å²) in [6, 6.07) is 7.26. The molecule has 21 heavy (non-hydrogen) atoms. The second-order valence-electron chi connectivity index (χ2n) is 4.32. The predicted molar refractivity (Wildman–Crippen MR) is 87.8 cm³/mol. The molecular formula is C15H13IN2O3. The molecule has 6 heteroatoms. The summed E-state index contributed by atoms with van der Waals surface area (Å²) in [6.07, 6.45) is 0. The van der Waals surface area contributed by atoms with Gasteiger partial charge < -0.3 is 14.5 Å². The second kappa shape index (κ2) is 6.18. The lowest BCUT2D eigenvalue weighted by molar-refractivity contribution is 0.395. The van der Waals surface area contributed by atoms with E-state index in [1.807, 2.05) is 6.07 Å². The summed E-state index contributed by atoms with van der Waals surface area (Å²) in [6.45, 7) is 1.80. The molecule has 1 heterocycles. The molecule has 1 aromatic carbocycles. The monoisotopic (exact) mass is 396 g/mol. The molecule has 0 aliphatic heterocycles. The van der Waals surface area contributed by atoms with E-state index in [4.69, 9.17) is 9.47 Å². The van der Waals surface area contributed by atoms with Crippen LogP contribution < -0.4 is 15.0 Å².